The minimum Gasteiger partial charge on any atom is -0.497 e. The van der Waals surface area contributed by atoms with Gasteiger partial charge < -0.3 is 20.5 Å². The number of ether oxygens (including phenoxy) is 1. The number of methoxy groups -OCH3 is 1. The van der Waals surface area contributed by atoms with Crippen molar-refractivity contribution in [2.24, 2.45) is 5.73 Å². The van der Waals surface area contributed by atoms with E-state index in [1.165, 1.54) is 0 Å². The average Bonchev–Trinajstić information content (AvgIpc) is 2.72. The number of amides is 1. The van der Waals surface area contributed by atoms with E-state index in [0.717, 1.165) is 16.9 Å². The third-order valence-electron chi connectivity index (χ3n) is 5.30. The Kier molecular flexibility index (Phi) is 6.31. The van der Waals surface area contributed by atoms with Crippen molar-refractivity contribution in [3.63, 3.8) is 0 Å². The van der Waals surface area contributed by atoms with Crippen LogP contribution in [0.1, 0.15) is 52.7 Å². The Morgan fingerprint density at radius 2 is 1.89 bits per heavy atom. The summed E-state index contributed by atoms with van der Waals surface area (Å²) in [4.78, 5) is 26.4. The molecule has 0 saturated heterocycles. The van der Waals surface area contributed by atoms with E-state index in [-0.39, 0.29) is 24.3 Å². The number of carboxylic acids is 1. The number of carbonyl (C=O) groups excluding carboxylic acids is 1. The zero-order valence-corrected chi connectivity index (χ0v) is 16.0. The van der Waals surface area contributed by atoms with Crippen LogP contribution >= 0.6 is 0 Å². The van der Waals surface area contributed by atoms with Gasteiger partial charge in [-0.2, -0.15) is 0 Å². The second-order valence-electron chi connectivity index (χ2n) is 6.98. The van der Waals surface area contributed by atoms with Gasteiger partial charge in [0.25, 0.3) is 5.91 Å². The minimum atomic E-state index is -0.837. The highest BCUT2D eigenvalue weighted by atomic mass is 16.5. The molecule has 2 aromatic rings. The molecule has 3 rings (SSSR count). The minimum absolute atomic E-state index is 0.0311. The van der Waals surface area contributed by atoms with Crippen molar-refractivity contribution >= 4 is 11.9 Å². The topological polar surface area (TPSA) is 92.9 Å². The van der Waals surface area contributed by atoms with E-state index in [9.17, 15) is 14.7 Å². The number of rotatable bonds is 8. The smallest absolute Gasteiger partial charge is 0.303 e. The third-order valence-corrected chi connectivity index (χ3v) is 5.30. The number of fused-ring (bicyclic) bond motifs is 1. The highest BCUT2D eigenvalue weighted by Gasteiger charge is 2.40. The number of aliphatic carboxylic acids is 1. The first-order valence-corrected chi connectivity index (χ1v) is 9.52. The molecule has 0 radical (unpaired) electrons. The van der Waals surface area contributed by atoms with E-state index >= 15 is 0 Å². The van der Waals surface area contributed by atoms with Crippen LogP contribution in [0.5, 0.6) is 5.75 Å². The molecule has 1 aliphatic heterocycles. The molecule has 148 valence electrons. The van der Waals surface area contributed by atoms with Crippen LogP contribution in [0.3, 0.4) is 0 Å². The lowest BCUT2D eigenvalue weighted by molar-refractivity contribution is -0.137. The van der Waals surface area contributed by atoms with Gasteiger partial charge in [0.15, 0.2) is 0 Å². The maximum Gasteiger partial charge on any atom is 0.303 e. The first-order valence-electron chi connectivity index (χ1n) is 9.52. The summed E-state index contributed by atoms with van der Waals surface area (Å²) < 4.78 is 5.26. The van der Waals surface area contributed by atoms with Gasteiger partial charge in [-0.25, -0.2) is 0 Å². The number of hydrogen-bond donors (Lipinski definition) is 2. The summed E-state index contributed by atoms with van der Waals surface area (Å²) in [6.45, 7) is 1.02. The molecule has 6 heteroatoms. The fourth-order valence-electron chi connectivity index (χ4n) is 3.99. The van der Waals surface area contributed by atoms with Gasteiger partial charge in [0.1, 0.15) is 5.75 Å². The van der Waals surface area contributed by atoms with Crippen LogP contribution in [0.2, 0.25) is 0 Å². The highest BCUT2D eigenvalue weighted by Crippen LogP contribution is 2.45. The molecule has 0 saturated carbocycles. The van der Waals surface area contributed by atoms with Crippen LogP contribution in [0.4, 0.5) is 0 Å². The Morgan fingerprint density at radius 1 is 1.18 bits per heavy atom. The molecule has 1 amide bonds. The molecule has 0 aromatic heterocycles. The lowest BCUT2D eigenvalue weighted by Crippen LogP contribution is -2.43. The predicted octanol–water partition coefficient (Wildman–Crippen LogP) is 3.19. The molecule has 0 fully saturated rings. The Balaban J connectivity index is 2.09. The van der Waals surface area contributed by atoms with E-state index in [4.69, 9.17) is 10.5 Å². The van der Waals surface area contributed by atoms with Gasteiger partial charge in [-0.3, -0.25) is 9.59 Å². The molecule has 0 bridgehead atoms. The van der Waals surface area contributed by atoms with Gasteiger partial charge in [0.05, 0.1) is 13.2 Å². The van der Waals surface area contributed by atoms with E-state index < -0.39 is 5.97 Å². The fourth-order valence-corrected chi connectivity index (χ4v) is 3.99. The Labute approximate surface area is 164 Å². The van der Waals surface area contributed by atoms with Gasteiger partial charge >= 0.3 is 5.97 Å². The Bertz CT molecular complexity index is 835. The number of benzene rings is 2. The molecular formula is C22H26N2O4. The summed E-state index contributed by atoms with van der Waals surface area (Å²) in [7, 11) is 1.61. The molecule has 0 spiro atoms. The number of hydrogen-bond acceptors (Lipinski definition) is 4. The second kappa shape index (κ2) is 8.89. The van der Waals surface area contributed by atoms with Gasteiger partial charge in [-0.1, -0.05) is 30.3 Å². The molecule has 1 heterocycles. The van der Waals surface area contributed by atoms with E-state index in [0.29, 0.717) is 31.5 Å². The summed E-state index contributed by atoms with van der Waals surface area (Å²) >= 11 is 0. The van der Waals surface area contributed by atoms with Crippen LogP contribution < -0.4 is 10.5 Å². The third kappa shape index (κ3) is 4.02. The van der Waals surface area contributed by atoms with Crippen LogP contribution in [0, 0.1) is 0 Å². The van der Waals surface area contributed by atoms with Gasteiger partial charge in [0, 0.05) is 24.4 Å². The average molecular weight is 382 g/mol. The maximum atomic E-state index is 13.3. The lowest BCUT2D eigenvalue weighted by atomic mass is 9.77. The first-order chi connectivity index (χ1) is 13.6. The molecule has 6 nitrogen and oxygen atoms in total. The summed E-state index contributed by atoms with van der Waals surface area (Å²) in [5.74, 6) is -0.231. The van der Waals surface area contributed by atoms with Crippen molar-refractivity contribution < 1.29 is 19.4 Å². The van der Waals surface area contributed by atoms with Gasteiger partial charge in [-0.05, 0) is 48.7 Å². The number of nitrogens with zero attached hydrogens (tertiary/aromatic N) is 1. The van der Waals surface area contributed by atoms with Gasteiger partial charge in [-0.15, -0.1) is 0 Å². The lowest BCUT2D eigenvalue weighted by Gasteiger charge is -2.42. The molecule has 2 unspecified atom stereocenters. The van der Waals surface area contributed by atoms with Crippen LogP contribution in [-0.4, -0.2) is 42.1 Å². The molecule has 2 atom stereocenters. The zero-order valence-electron chi connectivity index (χ0n) is 16.0. The predicted molar refractivity (Wildman–Crippen MR) is 106 cm³/mol. The molecule has 28 heavy (non-hydrogen) atoms. The van der Waals surface area contributed by atoms with Crippen LogP contribution in [-0.2, 0) is 4.79 Å². The SMILES string of the molecule is COc1ccc(C2C(CCC(=O)O)c3ccccc3C(=O)N2CCCN)cc1. The molecular weight excluding hydrogens is 356 g/mol. The Morgan fingerprint density at radius 3 is 2.54 bits per heavy atom. The summed E-state index contributed by atoms with van der Waals surface area (Å²) in [6, 6.07) is 14.9. The fraction of sp³-hybridized carbons (Fsp3) is 0.364. The van der Waals surface area contributed by atoms with Crippen molar-refractivity contribution in [1.29, 1.82) is 0 Å². The number of carboxylic acid groups (broad SMARTS) is 1. The van der Waals surface area contributed by atoms with E-state index in [1.807, 2.05) is 53.4 Å². The van der Waals surface area contributed by atoms with Crippen LogP contribution in [0.25, 0.3) is 0 Å². The second-order valence-corrected chi connectivity index (χ2v) is 6.98. The standard InChI is InChI=1S/C22H26N2O4/c1-28-16-9-7-15(8-10-16)21-18(11-12-20(25)26)17-5-2-3-6-19(17)22(27)24(21)14-4-13-23/h2-3,5-10,18,21H,4,11-14,23H2,1H3,(H,25,26). The summed E-state index contributed by atoms with van der Waals surface area (Å²) in [5, 5.41) is 9.26. The molecule has 0 aliphatic carbocycles. The van der Waals surface area contributed by atoms with Crippen molar-refractivity contribution in [1.82, 2.24) is 4.90 Å². The first kappa shape index (κ1) is 19.9. The van der Waals surface area contributed by atoms with E-state index in [2.05, 4.69) is 0 Å². The monoisotopic (exact) mass is 382 g/mol. The summed E-state index contributed by atoms with van der Waals surface area (Å²) in [6.07, 6.45) is 1.19. The molecule has 1 aliphatic rings. The highest BCUT2D eigenvalue weighted by molar-refractivity contribution is 5.97. The van der Waals surface area contributed by atoms with Crippen molar-refractivity contribution in [2.75, 3.05) is 20.2 Å². The van der Waals surface area contributed by atoms with Crippen molar-refractivity contribution in [2.45, 2.75) is 31.2 Å². The van der Waals surface area contributed by atoms with Gasteiger partial charge in [0.2, 0.25) is 0 Å². The van der Waals surface area contributed by atoms with E-state index in [1.54, 1.807) is 7.11 Å². The maximum absolute atomic E-state index is 13.3. The number of carbonyl (C=O) groups is 2. The quantitative estimate of drug-likeness (QED) is 0.731. The zero-order chi connectivity index (χ0) is 20.1. The summed E-state index contributed by atoms with van der Waals surface area (Å²) in [5.41, 5.74) is 8.25. The normalized spacial score (nSPS) is 18.6. The Hall–Kier alpha value is -2.86. The molecule has 3 N–H and O–H groups in total. The largest absolute Gasteiger partial charge is 0.497 e. The molecule has 2 aromatic carbocycles. The van der Waals surface area contributed by atoms with Crippen molar-refractivity contribution in [3.05, 3.63) is 65.2 Å². The number of nitrogens with two attached hydrogens (primary N) is 1. The van der Waals surface area contributed by atoms with Crippen molar-refractivity contribution in [3.8, 4) is 5.75 Å². The van der Waals surface area contributed by atoms with Crippen LogP contribution in [0.15, 0.2) is 48.5 Å².